The zero-order valence-electron chi connectivity index (χ0n) is 11.1. The van der Waals surface area contributed by atoms with Gasteiger partial charge in [-0.15, -0.1) is 6.01 Å². The Labute approximate surface area is 112 Å². The molecule has 0 amide bonds. The van der Waals surface area contributed by atoms with Gasteiger partial charge in [0.15, 0.2) is 6.54 Å². The summed E-state index contributed by atoms with van der Waals surface area (Å²) in [6.07, 6.45) is 8.85. The summed E-state index contributed by atoms with van der Waals surface area (Å²) < 4.78 is 8.71. The van der Waals surface area contributed by atoms with Crippen LogP contribution >= 0.6 is 0 Å². The summed E-state index contributed by atoms with van der Waals surface area (Å²) in [6.45, 7) is 2.90. The number of unbranched alkanes of at least 4 members (excludes halogenated alkanes) is 1. The first-order valence-electron chi connectivity index (χ1n) is 5.78. The van der Waals surface area contributed by atoms with E-state index in [2.05, 4.69) is 11.9 Å². The van der Waals surface area contributed by atoms with Crippen LogP contribution in [0.1, 0.15) is 19.8 Å². The molecule has 0 aromatic carbocycles. The molecule has 0 spiro atoms. The normalized spacial score (nSPS) is 8.47. The van der Waals surface area contributed by atoms with Gasteiger partial charge in [-0.2, -0.15) is 5.26 Å². The lowest BCUT2D eigenvalue weighted by Gasteiger charge is -2.00. The monoisotopic (exact) mass is 263 g/mol. The summed E-state index contributed by atoms with van der Waals surface area (Å²) in [6, 6.07) is 1.28. The smallest absolute Gasteiger partial charge is 0.348 e. The minimum atomic E-state index is -0.172. The van der Waals surface area contributed by atoms with Crippen LogP contribution in [0.3, 0.4) is 0 Å². The molecule has 0 saturated carbocycles. The van der Waals surface area contributed by atoms with Gasteiger partial charge in [-0.25, -0.2) is 13.9 Å². The Morgan fingerprint density at radius 3 is 2.79 bits per heavy atom. The number of carbonyl (C=O) groups excluding carboxylic acids is 1. The molecular formula is C12H17N5O2. The first-order valence-corrected chi connectivity index (χ1v) is 5.78. The fraction of sp³-hybridized carbons (Fsp3) is 0.500. The number of rotatable bonds is 5. The summed E-state index contributed by atoms with van der Waals surface area (Å²) >= 11 is 0. The quantitative estimate of drug-likeness (QED) is 0.259. The average Bonchev–Trinajstić information content (AvgIpc) is 2.77. The Morgan fingerprint density at radius 1 is 1.63 bits per heavy atom. The first-order chi connectivity index (χ1) is 9.13. The molecule has 1 heterocycles. The molecular weight excluding hydrogens is 246 g/mol. The number of aryl methyl sites for hydroxylation is 1. The fourth-order valence-corrected chi connectivity index (χ4v) is 1.14. The highest BCUT2D eigenvalue weighted by molar-refractivity contribution is 5.69. The SMILES string of the molecule is CCCCOC(=O)Cn1cc[n+](C)c1.N#CN=C=[N-]. The minimum Gasteiger partial charge on any atom is -0.463 e. The van der Waals surface area contributed by atoms with Gasteiger partial charge in [0.05, 0.1) is 19.8 Å². The van der Waals surface area contributed by atoms with Crippen molar-refractivity contribution in [1.82, 2.24) is 4.57 Å². The number of aromatic nitrogens is 2. The minimum absolute atomic E-state index is 0.172. The summed E-state index contributed by atoms with van der Waals surface area (Å²) in [5, 5.41) is 14.9. The lowest BCUT2D eigenvalue weighted by molar-refractivity contribution is -0.671. The van der Waals surface area contributed by atoms with Crippen LogP contribution in [0.2, 0.25) is 0 Å². The van der Waals surface area contributed by atoms with Crippen LogP contribution < -0.4 is 4.57 Å². The van der Waals surface area contributed by atoms with E-state index in [0.29, 0.717) is 13.2 Å². The van der Waals surface area contributed by atoms with Crippen LogP contribution in [0.4, 0.5) is 0 Å². The number of aliphatic imine (C=N–C) groups is 1. The topological polar surface area (TPSA) is 93.6 Å². The van der Waals surface area contributed by atoms with E-state index in [-0.39, 0.29) is 5.97 Å². The largest absolute Gasteiger partial charge is 0.463 e. The Hall–Kier alpha value is -2.45. The zero-order chi connectivity index (χ0) is 14.5. The van der Waals surface area contributed by atoms with Gasteiger partial charge in [0, 0.05) is 0 Å². The second kappa shape index (κ2) is 10.7. The molecule has 0 radical (unpaired) electrons. The van der Waals surface area contributed by atoms with Crippen molar-refractivity contribution in [3.8, 4) is 6.19 Å². The van der Waals surface area contributed by atoms with Crippen molar-refractivity contribution in [3.63, 3.8) is 0 Å². The molecule has 0 bridgehead atoms. The Balaban J connectivity index is 0.000000555. The van der Waals surface area contributed by atoms with E-state index in [1.165, 1.54) is 12.2 Å². The molecule has 0 fully saturated rings. The second-order valence-corrected chi connectivity index (χ2v) is 3.64. The third-order valence-electron chi connectivity index (χ3n) is 2.00. The predicted molar refractivity (Wildman–Crippen MR) is 67.9 cm³/mol. The molecule has 7 nitrogen and oxygen atoms in total. The first kappa shape index (κ1) is 16.6. The van der Waals surface area contributed by atoms with Crippen LogP contribution in [0.15, 0.2) is 23.7 Å². The van der Waals surface area contributed by atoms with E-state index in [0.717, 1.165) is 12.8 Å². The van der Waals surface area contributed by atoms with Gasteiger partial charge in [-0.05, 0) is 6.42 Å². The average molecular weight is 263 g/mol. The van der Waals surface area contributed by atoms with Gasteiger partial charge in [-0.3, -0.25) is 0 Å². The predicted octanol–water partition coefficient (Wildman–Crippen LogP) is 0.867. The molecule has 1 aromatic heterocycles. The van der Waals surface area contributed by atoms with Crippen molar-refractivity contribution < 1.29 is 14.1 Å². The number of nitriles is 1. The number of nitrogens with zero attached hydrogens (tertiary/aromatic N) is 5. The van der Waals surface area contributed by atoms with Gasteiger partial charge in [0.1, 0.15) is 12.4 Å². The molecule has 1 aromatic rings. The van der Waals surface area contributed by atoms with Gasteiger partial charge in [0.25, 0.3) is 0 Å². The Bertz CT molecular complexity index is 469. The number of carbonyl (C=O) groups is 1. The van der Waals surface area contributed by atoms with Crippen molar-refractivity contribution in [2.45, 2.75) is 26.3 Å². The molecule has 0 aliphatic heterocycles. The third-order valence-corrected chi connectivity index (χ3v) is 2.00. The number of esters is 1. The van der Waals surface area contributed by atoms with Crippen molar-refractivity contribution in [2.24, 2.45) is 12.0 Å². The number of hydrogen-bond donors (Lipinski definition) is 0. The van der Waals surface area contributed by atoms with E-state index in [9.17, 15) is 4.79 Å². The molecule has 0 aliphatic rings. The highest BCUT2D eigenvalue weighted by atomic mass is 16.5. The van der Waals surface area contributed by atoms with E-state index in [4.69, 9.17) is 15.4 Å². The van der Waals surface area contributed by atoms with E-state index in [1.54, 1.807) is 4.57 Å². The fourth-order valence-electron chi connectivity index (χ4n) is 1.14. The summed E-state index contributed by atoms with van der Waals surface area (Å²) in [4.78, 5) is 13.8. The Kier molecular flexibility index (Phi) is 9.31. The van der Waals surface area contributed by atoms with Gasteiger partial charge in [-0.1, -0.05) is 13.3 Å². The molecule has 0 unspecified atom stereocenters. The van der Waals surface area contributed by atoms with Crippen molar-refractivity contribution in [2.75, 3.05) is 6.61 Å². The standard InChI is InChI=1S/C10H17N2O2.C2N3/c1-3-4-7-14-10(13)8-12-6-5-11(2)9-12;3-1-5-2-4/h5-6,9H,3-4,7-8H2,1-2H3;/q+1;-1. The molecule has 0 atom stereocenters. The van der Waals surface area contributed by atoms with Crippen LogP contribution in [-0.2, 0) is 23.1 Å². The maximum absolute atomic E-state index is 11.2. The molecule has 102 valence electrons. The molecule has 19 heavy (non-hydrogen) atoms. The maximum atomic E-state index is 11.2. The molecule has 0 saturated heterocycles. The van der Waals surface area contributed by atoms with E-state index in [1.807, 2.05) is 30.3 Å². The van der Waals surface area contributed by atoms with Crippen LogP contribution in [-0.4, -0.2) is 23.2 Å². The zero-order valence-corrected chi connectivity index (χ0v) is 11.1. The van der Waals surface area contributed by atoms with Gasteiger partial charge < -0.3 is 15.1 Å². The Morgan fingerprint density at radius 2 is 2.37 bits per heavy atom. The number of ether oxygens (including phenoxy) is 1. The van der Waals surface area contributed by atoms with Crippen molar-refractivity contribution in [3.05, 3.63) is 24.1 Å². The van der Waals surface area contributed by atoms with E-state index >= 15 is 0 Å². The summed E-state index contributed by atoms with van der Waals surface area (Å²) in [5.74, 6) is -0.172. The molecule has 7 heteroatoms. The van der Waals surface area contributed by atoms with Crippen molar-refractivity contribution >= 4 is 12.0 Å². The highest BCUT2D eigenvalue weighted by Gasteiger charge is 2.08. The second-order valence-electron chi connectivity index (χ2n) is 3.64. The van der Waals surface area contributed by atoms with Gasteiger partial charge >= 0.3 is 5.97 Å². The highest BCUT2D eigenvalue weighted by Crippen LogP contribution is 1.91. The molecule has 1 rings (SSSR count). The number of hydrogen-bond acceptors (Lipinski definition) is 4. The lowest BCUT2D eigenvalue weighted by Crippen LogP contribution is -2.24. The number of imidazole rings is 1. The van der Waals surface area contributed by atoms with Gasteiger partial charge in [0.2, 0.25) is 6.33 Å². The van der Waals surface area contributed by atoms with E-state index < -0.39 is 0 Å². The van der Waals surface area contributed by atoms with Crippen molar-refractivity contribution in [1.29, 1.82) is 5.26 Å². The summed E-state index contributed by atoms with van der Waals surface area (Å²) in [5.41, 5.74) is 0. The molecule has 0 N–H and O–H groups in total. The third kappa shape index (κ3) is 9.27. The molecule has 0 aliphatic carbocycles. The van der Waals surface area contributed by atoms with Crippen LogP contribution in [0.5, 0.6) is 0 Å². The van der Waals surface area contributed by atoms with Crippen LogP contribution in [0, 0.1) is 11.5 Å². The lowest BCUT2D eigenvalue weighted by atomic mass is 10.4. The van der Waals surface area contributed by atoms with Crippen LogP contribution in [0.25, 0.3) is 5.41 Å². The summed E-state index contributed by atoms with van der Waals surface area (Å²) in [7, 11) is 1.92. The maximum Gasteiger partial charge on any atom is 0.348 e.